The average Bonchev–Trinajstić information content (AvgIpc) is 2.82. The zero-order chi connectivity index (χ0) is 13.4. The van der Waals surface area contributed by atoms with E-state index in [9.17, 15) is 4.79 Å². The Kier molecular flexibility index (Phi) is 2.52. The van der Waals surface area contributed by atoms with E-state index < -0.39 is 5.97 Å². The van der Waals surface area contributed by atoms with Crippen molar-refractivity contribution in [3.63, 3.8) is 0 Å². The smallest absolute Gasteiger partial charge is 0.358 e. The first-order valence-electron chi connectivity index (χ1n) is 5.79. The Bertz CT molecular complexity index is 760. The van der Waals surface area contributed by atoms with E-state index in [1.165, 1.54) is 11.8 Å². The molecule has 0 saturated heterocycles. The van der Waals surface area contributed by atoms with Gasteiger partial charge in [-0.2, -0.15) is 0 Å². The van der Waals surface area contributed by atoms with Gasteiger partial charge in [0.1, 0.15) is 0 Å². The van der Waals surface area contributed by atoms with Crippen LogP contribution in [-0.2, 0) is 0 Å². The van der Waals surface area contributed by atoms with E-state index in [1.54, 1.807) is 16.8 Å². The summed E-state index contributed by atoms with van der Waals surface area (Å²) in [5.74, 6) is -1.08. The number of carboxylic acids is 1. The Hall–Kier alpha value is -2.69. The lowest BCUT2D eigenvalue weighted by Gasteiger charge is -1.96. The Balaban J connectivity index is 2.19. The summed E-state index contributed by atoms with van der Waals surface area (Å²) in [5.41, 5.74) is 3.16. The number of hydrogen-bond donors (Lipinski definition) is 1. The molecule has 1 aromatic carbocycles. The SMILES string of the molecule is Cc1ccc(-c2cn3ccnc(C(=O)O)c3n2)cc1. The maximum absolute atomic E-state index is 11.1. The standard InChI is InChI=1S/C14H11N3O2/c1-9-2-4-10(5-3-9)11-8-17-7-6-15-12(14(18)19)13(17)16-11/h2-8H,1H3,(H,18,19). The number of hydrogen-bond acceptors (Lipinski definition) is 3. The van der Waals surface area contributed by atoms with E-state index in [0.717, 1.165) is 11.3 Å². The molecular formula is C14H11N3O2. The third-order valence-corrected chi connectivity index (χ3v) is 2.92. The van der Waals surface area contributed by atoms with Crippen LogP contribution < -0.4 is 0 Å². The van der Waals surface area contributed by atoms with Crippen molar-refractivity contribution in [2.24, 2.45) is 0 Å². The predicted octanol–water partition coefficient (Wildman–Crippen LogP) is 2.40. The monoisotopic (exact) mass is 253 g/mol. The first kappa shape index (κ1) is 11.4. The van der Waals surface area contributed by atoms with Crippen molar-refractivity contribution >= 4 is 11.6 Å². The molecule has 5 heteroatoms. The van der Waals surface area contributed by atoms with Crippen LogP contribution in [0.2, 0.25) is 0 Å². The average molecular weight is 253 g/mol. The van der Waals surface area contributed by atoms with Gasteiger partial charge in [-0.3, -0.25) is 0 Å². The molecule has 3 aromatic rings. The highest BCUT2D eigenvalue weighted by Gasteiger charge is 2.13. The molecule has 0 fully saturated rings. The first-order valence-corrected chi connectivity index (χ1v) is 5.79. The molecule has 0 bridgehead atoms. The second-order valence-corrected chi connectivity index (χ2v) is 4.30. The van der Waals surface area contributed by atoms with Gasteiger partial charge in [0.2, 0.25) is 0 Å². The molecule has 0 spiro atoms. The lowest BCUT2D eigenvalue weighted by atomic mass is 10.1. The zero-order valence-corrected chi connectivity index (χ0v) is 10.2. The molecule has 1 N–H and O–H groups in total. The number of aromatic nitrogens is 3. The molecule has 0 amide bonds. The van der Waals surface area contributed by atoms with Crippen molar-refractivity contribution in [3.8, 4) is 11.3 Å². The summed E-state index contributed by atoms with van der Waals surface area (Å²) >= 11 is 0. The van der Waals surface area contributed by atoms with Crippen molar-refractivity contribution < 1.29 is 9.90 Å². The van der Waals surface area contributed by atoms with E-state index in [0.29, 0.717) is 5.65 Å². The second kappa shape index (κ2) is 4.20. The lowest BCUT2D eigenvalue weighted by Crippen LogP contribution is -2.03. The maximum Gasteiger partial charge on any atom is 0.358 e. The molecule has 0 aliphatic heterocycles. The van der Waals surface area contributed by atoms with Gasteiger partial charge in [0.05, 0.1) is 5.69 Å². The normalized spacial score (nSPS) is 10.8. The molecule has 0 radical (unpaired) electrons. The van der Waals surface area contributed by atoms with Crippen LogP contribution >= 0.6 is 0 Å². The molecular weight excluding hydrogens is 242 g/mol. The van der Waals surface area contributed by atoms with E-state index in [2.05, 4.69) is 9.97 Å². The predicted molar refractivity (Wildman–Crippen MR) is 70.1 cm³/mol. The Labute approximate surface area is 109 Å². The van der Waals surface area contributed by atoms with Gasteiger partial charge in [-0.25, -0.2) is 14.8 Å². The summed E-state index contributed by atoms with van der Waals surface area (Å²) in [5, 5.41) is 9.08. The van der Waals surface area contributed by atoms with Crippen molar-refractivity contribution in [1.29, 1.82) is 0 Å². The van der Waals surface area contributed by atoms with Crippen LogP contribution in [0.1, 0.15) is 16.1 Å². The summed E-state index contributed by atoms with van der Waals surface area (Å²) in [6.07, 6.45) is 4.94. The van der Waals surface area contributed by atoms with E-state index in [1.807, 2.05) is 31.2 Å². The van der Waals surface area contributed by atoms with E-state index in [4.69, 9.17) is 5.11 Å². The van der Waals surface area contributed by atoms with Crippen LogP contribution in [0.4, 0.5) is 0 Å². The highest BCUT2D eigenvalue weighted by Crippen LogP contribution is 2.20. The molecule has 19 heavy (non-hydrogen) atoms. The van der Waals surface area contributed by atoms with Crippen molar-refractivity contribution in [3.05, 3.63) is 54.1 Å². The molecule has 0 aliphatic carbocycles. The molecule has 0 atom stereocenters. The van der Waals surface area contributed by atoms with E-state index in [-0.39, 0.29) is 5.69 Å². The van der Waals surface area contributed by atoms with Gasteiger partial charge >= 0.3 is 5.97 Å². The number of imidazole rings is 1. The minimum Gasteiger partial charge on any atom is -0.476 e. The minimum absolute atomic E-state index is 0.0409. The quantitative estimate of drug-likeness (QED) is 0.761. The largest absolute Gasteiger partial charge is 0.476 e. The molecule has 94 valence electrons. The number of rotatable bonds is 2. The van der Waals surface area contributed by atoms with Gasteiger partial charge in [-0.05, 0) is 6.92 Å². The third-order valence-electron chi connectivity index (χ3n) is 2.92. The molecule has 0 unspecified atom stereocenters. The van der Waals surface area contributed by atoms with Crippen molar-refractivity contribution in [1.82, 2.24) is 14.4 Å². The first-order chi connectivity index (χ1) is 9.15. The van der Waals surface area contributed by atoms with Gasteiger partial charge < -0.3 is 9.51 Å². The fraction of sp³-hybridized carbons (Fsp3) is 0.0714. The fourth-order valence-corrected chi connectivity index (χ4v) is 1.93. The van der Waals surface area contributed by atoms with E-state index >= 15 is 0 Å². The van der Waals surface area contributed by atoms with Gasteiger partial charge in [0, 0.05) is 24.2 Å². The van der Waals surface area contributed by atoms with Crippen LogP contribution in [0.3, 0.4) is 0 Å². The highest BCUT2D eigenvalue weighted by molar-refractivity contribution is 5.92. The second-order valence-electron chi connectivity index (χ2n) is 4.30. The van der Waals surface area contributed by atoms with Crippen LogP contribution in [0.15, 0.2) is 42.9 Å². The van der Waals surface area contributed by atoms with Crippen LogP contribution in [0, 0.1) is 6.92 Å². The Morgan fingerprint density at radius 2 is 2.00 bits per heavy atom. The molecule has 2 heterocycles. The Morgan fingerprint density at radius 3 is 2.68 bits per heavy atom. The Morgan fingerprint density at radius 1 is 1.26 bits per heavy atom. The number of aromatic carboxylic acids is 1. The summed E-state index contributed by atoms with van der Waals surface area (Å²) in [6, 6.07) is 7.92. The molecule has 5 nitrogen and oxygen atoms in total. The lowest BCUT2D eigenvalue weighted by molar-refractivity contribution is 0.0692. The van der Waals surface area contributed by atoms with Gasteiger partial charge in [0.15, 0.2) is 11.3 Å². The van der Waals surface area contributed by atoms with Crippen LogP contribution in [-0.4, -0.2) is 25.4 Å². The fourth-order valence-electron chi connectivity index (χ4n) is 1.93. The third kappa shape index (κ3) is 1.95. The number of aryl methyl sites for hydroxylation is 1. The highest BCUT2D eigenvalue weighted by atomic mass is 16.4. The van der Waals surface area contributed by atoms with Gasteiger partial charge in [-0.15, -0.1) is 0 Å². The number of fused-ring (bicyclic) bond motifs is 1. The number of nitrogens with zero attached hydrogens (tertiary/aromatic N) is 3. The molecule has 0 saturated carbocycles. The van der Waals surface area contributed by atoms with Crippen molar-refractivity contribution in [2.75, 3.05) is 0 Å². The molecule has 2 aromatic heterocycles. The number of carboxylic acid groups (broad SMARTS) is 1. The summed E-state index contributed by atoms with van der Waals surface area (Å²) in [7, 11) is 0. The number of carbonyl (C=O) groups is 1. The van der Waals surface area contributed by atoms with Crippen LogP contribution in [0.5, 0.6) is 0 Å². The minimum atomic E-state index is -1.08. The maximum atomic E-state index is 11.1. The van der Waals surface area contributed by atoms with Gasteiger partial charge in [-0.1, -0.05) is 29.8 Å². The topological polar surface area (TPSA) is 67.5 Å². The number of benzene rings is 1. The van der Waals surface area contributed by atoms with Crippen LogP contribution in [0.25, 0.3) is 16.9 Å². The summed E-state index contributed by atoms with van der Waals surface area (Å²) < 4.78 is 1.67. The summed E-state index contributed by atoms with van der Waals surface area (Å²) in [4.78, 5) is 19.3. The van der Waals surface area contributed by atoms with Gasteiger partial charge in [0.25, 0.3) is 0 Å². The zero-order valence-electron chi connectivity index (χ0n) is 10.2. The molecule has 3 rings (SSSR count). The summed E-state index contributed by atoms with van der Waals surface area (Å²) in [6.45, 7) is 2.01. The molecule has 0 aliphatic rings. The van der Waals surface area contributed by atoms with Crippen molar-refractivity contribution in [2.45, 2.75) is 6.92 Å².